The van der Waals surface area contributed by atoms with Gasteiger partial charge in [0.1, 0.15) is 5.82 Å². The minimum absolute atomic E-state index is 0.401. The van der Waals surface area contributed by atoms with Crippen LogP contribution in [0.4, 0.5) is 5.82 Å². The van der Waals surface area contributed by atoms with Crippen molar-refractivity contribution >= 4 is 5.82 Å². The highest BCUT2D eigenvalue weighted by atomic mass is 15.1. The highest BCUT2D eigenvalue weighted by molar-refractivity contribution is 5.74. The van der Waals surface area contributed by atoms with Gasteiger partial charge in [-0.2, -0.15) is 0 Å². The summed E-state index contributed by atoms with van der Waals surface area (Å²) in [5, 5.41) is 3.47. The Balaban J connectivity index is 1.92. The van der Waals surface area contributed by atoms with E-state index in [1.54, 1.807) is 0 Å². The molecule has 0 amide bonds. The molecule has 22 heavy (non-hydrogen) atoms. The van der Waals surface area contributed by atoms with Gasteiger partial charge in [-0.15, -0.1) is 0 Å². The minimum Gasteiger partial charge on any atom is -0.367 e. The molecule has 1 N–H and O–H groups in total. The van der Waals surface area contributed by atoms with Gasteiger partial charge < -0.3 is 5.32 Å². The standard InChI is InChI=1S/C19H17N3/c1-13-12-16-17(14-8-4-2-5-9-14)21-18(22-19(16)20-13)15-10-6-3-7-11-15/h2-11,13H,12H2,1H3,(H,20,21,22). The fourth-order valence-corrected chi connectivity index (χ4v) is 2.94. The van der Waals surface area contributed by atoms with Crippen LogP contribution >= 0.6 is 0 Å². The Morgan fingerprint density at radius 2 is 1.50 bits per heavy atom. The number of nitrogens with zero attached hydrogens (tertiary/aromatic N) is 2. The summed E-state index contributed by atoms with van der Waals surface area (Å²) < 4.78 is 0. The number of aromatic nitrogens is 2. The van der Waals surface area contributed by atoms with Crippen LogP contribution < -0.4 is 5.32 Å². The smallest absolute Gasteiger partial charge is 0.162 e. The molecule has 108 valence electrons. The molecular weight excluding hydrogens is 270 g/mol. The van der Waals surface area contributed by atoms with E-state index < -0.39 is 0 Å². The summed E-state index contributed by atoms with van der Waals surface area (Å²) in [6.07, 6.45) is 0.967. The molecule has 2 aromatic carbocycles. The van der Waals surface area contributed by atoms with E-state index in [0.29, 0.717) is 6.04 Å². The van der Waals surface area contributed by atoms with Gasteiger partial charge in [0.05, 0.1) is 5.69 Å². The van der Waals surface area contributed by atoms with Crippen LogP contribution in [0.5, 0.6) is 0 Å². The predicted molar refractivity (Wildman–Crippen MR) is 89.7 cm³/mol. The van der Waals surface area contributed by atoms with E-state index in [2.05, 4.69) is 48.6 Å². The van der Waals surface area contributed by atoms with Gasteiger partial charge in [0.25, 0.3) is 0 Å². The first-order valence-corrected chi connectivity index (χ1v) is 7.59. The molecule has 0 aliphatic carbocycles. The zero-order valence-corrected chi connectivity index (χ0v) is 12.5. The largest absolute Gasteiger partial charge is 0.367 e. The van der Waals surface area contributed by atoms with Crippen molar-refractivity contribution in [3.8, 4) is 22.6 Å². The fraction of sp³-hybridized carbons (Fsp3) is 0.158. The first-order valence-electron chi connectivity index (χ1n) is 7.59. The van der Waals surface area contributed by atoms with Crippen LogP contribution in [-0.2, 0) is 6.42 Å². The molecule has 1 unspecified atom stereocenters. The monoisotopic (exact) mass is 287 g/mol. The molecule has 2 heterocycles. The summed E-state index contributed by atoms with van der Waals surface area (Å²) in [5.41, 5.74) is 4.46. The molecule has 0 saturated carbocycles. The molecule has 3 nitrogen and oxygen atoms in total. The molecule has 1 aromatic heterocycles. The van der Waals surface area contributed by atoms with Crippen molar-refractivity contribution < 1.29 is 0 Å². The Morgan fingerprint density at radius 3 is 2.18 bits per heavy atom. The molecule has 3 heteroatoms. The highest BCUT2D eigenvalue weighted by Crippen LogP contribution is 2.34. The average molecular weight is 287 g/mol. The van der Waals surface area contributed by atoms with Crippen molar-refractivity contribution in [3.63, 3.8) is 0 Å². The van der Waals surface area contributed by atoms with Crippen LogP contribution in [-0.4, -0.2) is 16.0 Å². The van der Waals surface area contributed by atoms with E-state index >= 15 is 0 Å². The van der Waals surface area contributed by atoms with Crippen molar-refractivity contribution in [2.75, 3.05) is 5.32 Å². The van der Waals surface area contributed by atoms with Crippen LogP contribution in [0.2, 0.25) is 0 Å². The topological polar surface area (TPSA) is 37.8 Å². The van der Waals surface area contributed by atoms with Crippen molar-refractivity contribution in [2.24, 2.45) is 0 Å². The van der Waals surface area contributed by atoms with Gasteiger partial charge in [0.2, 0.25) is 0 Å². The number of rotatable bonds is 2. The number of hydrogen-bond donors (Lipinski definition) is 1. The lowest BCUT2D eigenvalue weighted by atomic mass is 10.0. The summed E-state index contributed by atoms with van der Waals surface area (Å²) >= 11 is 0. The number of fused-ring (bicyclic) bond motifs is 1. The van der Waals surface area contributed by atoms with Crippen LogP contribution in [0.15, 0.2) is 60.7 Å². The van der Waals surface area contributed by atoms with Crippen molar-refractivity contribution in [1.29, 1.82) is 0 Å². The van der Waals surface area contributed by atoms with Crippen LogP contribution in [0, 0.1) is 0 Å². The van der Waals surface area contributed by atoms with Crippen LogP contribution in [0.1, 0.15) is 12.5 Å². The molecule has 3 aromatic rings. The molecule has 0 saturated heterocycles. The molecule has 1 aliphatic heterocycles. The normalized spacial score (nSPS) is 16.1. The van der Waals surface area contributed by atoms with E-state index in [0.717, 1.165) is 34.9 Å². The summed E-state index contributed by atoms with van der Waals surface area (Å²) in [5.74, 6) is 1.75. The lowest BCUT2D eigenvalue weighted by molar-refractivity contribution is 0.838. The third-order valence-electron chi connectivity index (χ3n) is 3.98. The van der Waals surface area contributed by atoms with E-state index in [1.807, 2.05) is 24.3 Å². The molecule has 0 bridgehead atoms. The number of hydrogen-bond acceptors (Lipinski definition) is 3. The third-order valence-corrected chi connectivity index (χ3v) is 3.98. The van der Waals surface area contributed by atoms with Crippen molar-refractivity contribution in [2.45, 2.75) is 19.4 Å². The molecule has 1 atom stereocenters. The highest BCUT2D eigenvalue weighted by Gasteiger charge is 2.24. The quantitative estimate of drug-likeness (QED) is 0.768. The Bertz CT molecular complexity index is 798. The van der Waals surface area contributed by atoms with Gasteiger partial charge in [0.15, 0.2) is 5.82 Å². The second-order valence-corrected chi connectivity index (χ2v) is 5.70. The Kier molecular flexibility index (Phi) is 3.11. The zero-order chi connectivity index (χ0) is 14.9. The van der Waals surface area contributed by atoms with Gasteiger partial charge in [-0.3, -0.25) is 0 Å². The number of anilines is 1. The summed E-state index contributed by atoms with van der Waals surface area (Å²) in [4.78, 5) is 9.61. The molecule has 0 spiro atoms. The summed E-state index contributed by atoms with van der Waals surface area (Å²) in [6, 6.07) is 20.9. The third kappa shape index (κ3) is 2.25. The van der Waals surface area contributed by atoms with Crippen LogP contribution in [0.3, 0.4) is 0 Å². The van der Waals surface area contributed by atoms with Gasteiger partial charge in [-0.1, -0.05) is 60.7 Å². The van der Waals surface area contributed by atoms with Gasteiger partial charge in [0, 0.05) is 22.7 Å². The lowest BCUT2D eigenvalue weighted by Crippen LogP contribution is -2.09. The van der Waals surface area contributed by atoms with Gasteiger partial charge in [-0.05, 0) is 13.3 Å². The first kappa shape index (κ1) is 13.0. The van der Waals surface area contributed by atoms with E-state index in [-0.39, 0.29) is 0 Å². The minimum atomic E-state index is 0.401. The fourth-order valence-electron chi connectivity index (χ4n) is 2.94. The Hall–Kier alpha value is -2.68. The van der Waals surface area contributed by atoms with Gasteiger partial charge in [-0.25, -0.2) is 9.97 Å². The number of nitrogens with one attached hydrogen (secondary N) is 1. The van der Waals surface area contributed by atoms with E-state index in [4.69, 9.17) is 9.97 Å². The average Bonchev–Trinajstić information content (AvgIpc) is 2.95. The van der Waals surface area contributed by atoms with E-state index in [1.165, 1.54) is 5.56 Å². The summed E-state index contributed by atoms with van der Waals surface area (Å²) in [6.45, 7) is 2.18. The molecule has 4 rings (SSSR count). The first-order chi connectivity index (χ1) is 10.8. The molecular formula is C19H17N3. The molecule has 0 radical (unpaired) electrons. The zero-order valence-electron chi connectivity index (χ0n) is 12.5. The van der Waals surface area contributed by atoms with Gasteiger partial charge >= 0.3 is 0 Å². The maximum absolute atomic E-state index is 4.87. The second kappa shape index (κ2) is 5.26. The lowest BCUT2D eigenvalue weighted by Gasteiger charge is -2.10. The van der Waals surface area contributed by atoms with Crippen molar-refractivity contribution in [1.82, 2.24) is 9.97 Å². The Labute approximate surface area is 130 Å². The molecule has 0 fully saturated rings. The van der Waals surface area contributed by atoms with Crippen LogP contribution in [0.25, 0.3) is 22.6 Å². The summed E-state index contributed by atoms with van der Waals surface area (Å²) in [7, 11) is 0. The maximum Gasteiger partial charge on any atom is 0.162 e. The predicted octanol–water partition coefficient (Wildman–Crippen LogP) is 4.17. The Morgan fingerprint density at radius 1 is 0.864 bits per heavy atom. The van der Waals surface area contributed by atoms with E-state index in [9.17, 15) is 0 Å². The maximum atomic E-state index is 4.87. The molecule has 1 aliphatic rings. The SMILES string of the molecule is CC1Cc2c(nc(-c3ccccc3)nc2-c2ccccc2)N1. The van der Waals surface area contributed by atoms with Crippen molar-refractivity contribution in [3.05, 3.63) is 66.2 Å². The number of benzene rings is 2. The second-order valence-electron chi connectivity index (χ2n) is 5.70.